The number of esters is 1. The number of carbonyl (C=O) groups is 1. The number of carbonyl (C=O) groups excluding carboxylic acids is 1. The number of allylic oxidation sites excluding steroid dienone is 1. The average Bonchev–Trinajstić information content (AvgIpc) is 2.75. The van der Waals surface area contributed by atoms with Crippen molar-refractivity contribution >= 4 is 17.3 Å². The van der Waals surface area contributed by atoms with E-state index in [0.29, 0.717) is 12.2 Å². The van der Waals surface area contributed by atoms with Gasteiger partial charge in [-0.15, -0.1) is 0 Å². The lowest BCUT2D eigenvalue weighted by Crippen LogP contribution is -2.23. The number of hydrogen-bond acceptors (Lipinski definition) is 5. The first-order valence-electron chi connectivity index (χ1n) is 8.53. The molecule has 5 nitrogen and oxygen atoms in total. The maximum Gasteiger partial charge on any atom is 0.338 e. The van der Waals surface area contributed by atoms with E-state index in [1.54, 1.807) is 6.20 Å². The molecule has 0 bridgehead atoms. The van der Waals surface area contributed by atoms with Crippen LogP contribution in [0.1, 0.15) is 37.6 Å². The molecule has 1 aliphatic heterocycles. The van der Waals surface area contributed by atoms with Crippen LogP contribution in [-0.4, -0.2) is 17.6 Å². The van der Waals surface area contributed by atoms with E-state index in [1.807, 2.05) is 51.1 Å². The molecule has 3 rings (SSSR count). The van der Waals surface area contributed by atoms with Gasteiger partial charge < -0.3 is 15.4 Å². The fourth-order valence-electron chi connectivity index (χ4n) is 2.91. The third-order valence-electron chi connectivity index (χ3n) is 4.13. The SMILES string of the molecule is CCCOC(=O)C1=C(C)Nc2cc(C)ccc2NC1c1ccccn1. The average molecular weight is 337 g/mol. The molecule has 2 heterocycles. The first-order valence-corrected chi connectivity index (χ1v) is 8.53. The van der Waals surface area contributed by atoms with Gasteiger partial charge in [0.1, 0.15) is 6.04 Å². The third kappa shape index (κ3) is 3.65. The molecular formula is C20H23N3O2. The fourth-order valence-corrected chi connectivity index (χ4v) is 2.91. The summed E-state index contributed by atoms with van der Waals surface area (Å²) in [5, 5.41) is 6.82. The number of benzene rings is 1. The van der Waals surface area contributed by atoms with Crippen LogP contribution in [-0.2, 0) is 9.53 Å². The number of ether oxygens (including phenoxy) is 1. The monoisotopic (exact) mass is 337 g/mol. The van der Waals surface area contributed by atoms with Crippen molar-refractivity contribution in [2.75, 3.05) is 17.2 Å². The highest BCUT2D eigenvalue weighted by Gasteiger charge is 2.30. The highest BCUT2D eigenvalue weighted by molar-refractivity contribution is 5.94. The summed E-state index contributed by atoms with van der Waals surface area (Å²) >= 11 is 0. The van der Waals surface area contributed by atoms with Gasteiger partial charge in [-0.1, -0.05) is 19.1 Å². The Morgan fingerprint density at radius 3 is 2.76 bits per heavy atom. The lowest BCUT2D eigenvalue weighted by Gasteiger charge is -2.21. The number of nitrogens with zero attached hydrogens (tertiary/aromatic N) is 1. The normalized spacial score (nSPS) is 16.4. The largest absolute Gasteiger partial charge is 0.462 e. The summed E-state index contributed by atoms with van der Waals surface area (Å²) in [6.07, 6.45) is 2.52. The minimum atomic E-state index is -0.373. The maximum absolute atomic E-state index is 12.7. The zero-order valence-electron chi connectivity index (χ0n) is 14.8. The quantitative estimate of drug-likeness (QED) is 0.819. The van der Waals surface area contributed by atoms with Gasteiger partial charge in [0, 0.05) is 11.9 Å². The number of pyridine rings is 1. The maximum atomic E-state index is 12.7. The van der Waals surface area contributed by atoms with E-state index in [4.69, 9.17) is 4.74 Å². The van der Waals surface area contributed by atoms with Crippen LogP contribution in [0.15, 0.2) is 53.9 Å². The predicted octanol–water partition coefficient (Wildman–Crippen LogP) is 4.20. The molecule has 0 saturated heterocycles. The number of rotatable bonds is 4. The minimum Gasteiger partial charge on any atom is -0.462 e. The zero-order valence-corrected chi connectivity index (χ0v) is 14.8. The van der Waals surface area contributed by atoms with Crippen LogP contribution in [0, 0.1) is 6.92 Å². The van der Waals surface area contributed by atoms with E-state index < -0.39 is 0 Å². The van der Waals surface area contributed by atoms with E-state index in [0.717, 1.165) is 34.8 Å². The van der Waals surface area contributed by atoms with Gasteiger partial charge in [0.25, 0.3) is 0 Å². The zero-order chi connectivity index (χ0) is 17.8. The molecule has 0 spiro atoms. The molecule has 0 aliphatic carbocycles. The molecule has 0 fully saturated rings. The van der Waals surface area contributed by atoms with Gasteiger partial charge in [0.05, 0.1) is 29.2 Å². The van der Waals surface area contributed by atoms with Crippen molar-refractivity contribution in [2.45, 2.75) is 33.2 Å². The van der Waals surface area contributed by atoms with Crippen LogP contribution in [0.25, 0.3) is 0 Å². The fraction of sp³-hybridized carbons (Fsp3) is 0.300. The molecule has 5 heteroatoms. The molecule has 2 aromatic rings. The molecule has 0 radical (unpaired) electrons. The lowest BCUT2D eigenvalue weighted by atomic mass is 10.0. The molecule has 0 amide bonds. The highest BCUT2D eigenvalue weighted by Crippen LogP contribution is 2.36. The third-order valence-corrected chi connectivity index (χ3v) is 4.13. The Labute approximate surface area is 148 Å². The van der Waals surface area contributed by atoms with Gasteiger partial charge in [-0.2, -0.15) is 0 Å². The van der Waals surface area contributed by atoms with Crippen molar-refractivity contribution in [1.82, 2.24) is 4.98 Å². The second-order valence-corrected chi connectivity index (χ2v) is 6.18. The topological polar surface area (TPSA) is 63.2 Å². The van der Waals surface area contributed by atoms with Crippen LogP contribution in [0.5, 0.6) is 0 Å². The molecule has 0 saturated carbocycles. The van der Waals surface area contributed by atoms with Crippen molar-refractivity contribution in [2.24, 2.45) is 0 Å². The van der Waals surface area contributed by atoms with Gasteiger partial charge in [-0.05, 0) is 50.1 Å². The summed E-state index contributed by atoms with van der Waals surface area (Å²) in [5.74, 6) is -0.320. The van der Waals surface area contributed by atoms with Gasteiger partial charge in [-0.3, -0.25) is 4.98 Å². The number of hydrogen-bond donors (Lipinski definition) is 2. The van der Waals surface area contributed by atoms with E-state index in [9.17, 15) is 4.79 Å². The summed E-state index contributed by atoms with van der Waals surface area (Å²) in [4.78, 5) is 17.2. The summed E-state index contributed by atoms with van der Waals surface area (Å²) in [5.41, 5.74) is 5.12. The Kier molecular flexibility index (Phi) is 5.03. The Hall–Kier alpha value is -2.82. The number of aromatic nitrogens is 1. The van der Waals surface area contributed by atoms with Crippen molar-refractivity contribution < 1.29 is 9.53 Å². The van der Waals surface area contributed by atoms with Crippen LogP contribution in [0.2, 0.25) is 0 Å². The Morgan fingerprint density at radius 1 is 1.20 bits per heavy atom. The second kappa shape index (κ2) is 7.38. The first kappa shape index (κ1) is 17.0. The first-order chi connectivity index (χ1) is 12.1. The summed E-state index contributed by atoms with van der Waals surface area (Å²) in [7, 11) is 0. The number of fused-ring (bicyclic) bond motifs is 1. The van der Waals surface area contributed by atoms with Gasteiger partial charge in [0.2, 0.25) is 0 Å². The minimum absolute atomic E-state index is 0.320. The van der Waals surface area contributed by atoms with Crippen LogP contribution < -0.4 is 10.6 Å². The predicted molar refractivity (Wildman–Crippen MR) is 99.4 cm³/mol. The van der Waals surface area contributed by atoms with Crippen molar-refractivity contribution in [3.63, 3.8) is 0 Å². The van der Waals surface area contributed by atoms with Crippen molar-refractivity contribution in [3.8, 4) is 0 Å². The summed E-state index contributed by atoms with van der Waals surface area (Å²) in [6.45, 7) is 6.32. The Morgan fingerprint density at radius 2 is 2.04 bits per heavy atom. The van der Waals surface area contributed by atoms with Crippen LogP contribution in [0.4, 0.5) is 11.4 Å². The molecule has 25 heavy (non-hydrogen) atoms. The van der Waals surface area contributed by atoms with E-state index in [2.05, 4.69) is 21.7 Å². The molecule has 1 atom stereocenters. The summed E-state index contributed by atoms with van der Waals surface area (Å²) < 4.78 is 5.43. The smallest absolute Gasteiger partial charge is 0.338 e. The van der Waals surface area contributed by atoms with Gasteiger partial charge >= 0.3 is 5.97 Å². The summed E-state index contributed by atoms with van der Waals surface area (Å²) in [6, 6.07) is 11.4. The molecule has 1 unspecified atom stereocenters. The molecule has 2 N–H and O–H groups in total. The Balaban J connectivity index is 2.07. The van der Waals surface area contributed by atoms with E-state index in [-0.39, 0.29) is 12.0 Å². The second-order valence-electron chi connectivity index (χ2n) is 6.18. The highest BCUT2D eigenvalue weighted by atomic mass is 16.5. The molecule has 1 aromatic carbocycles. The van der Waals surface area contributed by atoms with Crippen molar-refractivity contribution in [1.29, 1.82) is 0 Å². The number of aryl methyl sites for hydroxylation is 1. The molecule has 1 aliphatic rings. The van der Waals surface area contributed by atoms with Crippen LogP contribution >= 0.6 is 0 Å². The molecule has 1 aromatic heterocycles. The van der Waals surface area contributed by atoms with Crippen molar-refractivity contribution in [3.05, 3.63) is 65.1 Å². The van der Waals surface area contributed by atoms with E-state index in [1.165, 1.54) is 0 Å². The Bertz CT molecular complexity index is 800. The molecular weight excluding hydrogens is 314 g/mol. The number of nitrogens with one attached hydrogen (secondary N) is 2. The number of anilines is 2. The lowest BCUT2D eigenvalue weighted by molar-refractivity contribution is -0.139. The van der Waals surface area contributed by atoms with Gasteiger partial charge in [-0.25, -0.2) is 4.79 Å². The molecule has 130 valence electrons. The van der Waals surface area contributed by atoms with Gasteiger partial charge in [0.15, 0.2) is 0 Å². The van der Waals surface area contributed by atoms with E-state index >= 15 is 0 Å². The van der Waals surface area contributed by atoms with Crippen LogP contribution in [0.3, 0.4) is 0 Å². The standard InChI is InChI=1S/C20H23N3O2/c1-4-11-25-20(24)18-14(3)22-17-12-13(2)8-9-15(17)23-19(18)16-7-5-6-10-21-16/h5-10,12,19,22-23H,4,11H2,1-3H3.